The summed E-state index contributed by atoms with van der Waals surface area (Å²) in [4.78, 5) is 23.0. The minimum Gasteiger partial charge on any atom is -0.461 e. The molecule has 1 fully saturated rings. The number of pyridine rings is 1. The second-order valence-electron chi connectivity index (χ2n) is 6.39. The summed E-state index contributed by atoms with van der Waals surface area (Å²) < 4.78 is 10.6. The normalized spacial score (nSPS) is 15.7. The highest BCUT2D eigenvalue weighted by atomic mass is 35.5. The Morgan fingerprint density at radius 1 is 1.30 bits per heavy atom. The van der Waals surface area contributed by atoms with Gasteiger partial charge in [0.25, 0.3) is 0 Å². The van der Waals surface area contributed by atoms with Crippen LogP contribution in [-0.4, -0.2) is 39.0 Å². The number of anilines is 1. The van der Waals surface area contributed by atoms with E-state index in [1.54, 1.807) is 30.5 Å². The van der Waals surface area contributed by atoms with Crippen LogP contribution in [0.15, 0.2) is 45.7 Å². The molecule has 3 aromatic heterocycles. The van der Waals surface area contributed by atoms with Crippen LogP contribution < -0.4 is 5.32 Å². The monoisotopic (exact) mass is 387 g/mol. The van der Waals surface area contributed by atoms with Crippen LogP contribution >= 0.6 is 11.6 Å². The van der Waals surface area contributed by atoms with Gasteiger partial charge in [-0.25, -0.2) is 4.98 Å². The lowest BCUT2D eigenvalue weighted by molar-refractivity contribution is -0.121. The summed E-state index contributed by atoms with van der Waals surface area (Å²) in [6.07, 6.45) is 4.61. The predicted octanol–water partition coefficient (Wildman–Crippen LogP) is 3.23. The van der Waals surface area contributed by atoms with E-state index in [0.717, 1.165) is 25.9 Å². The number of likely N-dealkylation sites (tertiary alicyclic amines) is 1. The quantitative estimate of drug-likeness (QED) is 0.717. The number of carbonyl (C=O) groups excluding carboxylic acids is 1. The highest BCUT2D eigenvalue weighted by molar-refractivity contribution is 6.30. The Bertz CT molecular complexity index is 886. The first-order valence-electron chi connectivity index (χ1n) is 8.68. The van der Waals surface area contributed by atoms with Gasteiger partial charge in [0.15, 0.2) is 5.76 Å². The topological polar surface area (TPSA) is 97.3 Å². The Balaban J connectivity index is 1.27. The molecule has 27 heavy (non-hydrogen) atoms. The molecule has 0 aliphatic carbocycles. The van der Waals surface area contributed by atoms with Crippen molar-refractivity contribution in [2.75, 3.05) is 18.4 Å². The Labute approximate surface area is 160 Å². The Kier molecular flexibility index (Phi) is 5.17. The molecule has 0 saturated carbocycles. The van der Waals surface area contributed by atoms with Crippen LogP contribution in [0.4, 0.5) is 5.82 Å². The molecule has 4 heterocycles. The smallest absolute Gasteiger partial charge is 0.241 e. The third-order valence-electron chi connectivity index (χ3n) is 4.51. The number of rotatable bonds is 5. The van der Waals surface area contributed by atoms with E-state index in [9.17, 15) is 4.79 Å². The maximum Gasteiger partial charge on any atom is 0.241 e. The zero-order valence-corrected chi connectivity index (χ0v) is 15.2. The molecule has 0 radical (unpaired) electrons. The summed E-state index contributed by atoms with van der Waals surface area (Å²) in [6.45, 7) is 2.12. The first-order valence-corrected chi connectivity index (χ1v) is 9.06. The number of hydrogen-bond donors (Lipinski definition) is 1. The van der Waals surface area contributed by atoms with Crippen molar-refractivity contribution in [3.63, 3.8) is 0 Å². The number of amides is 1. The molecule has 8 nitrogen and oxygen atoms in total. The minimum absolute atomic E-state index is 0.0117. The lowest BCUT2D eigenvalue weighted by Gasteiger charge is -2.30. The van der Waals surface area contributed by atoms with Crippen LogP contribution in [-0.2, 0) is 11.3 Å². The molecule has 1 amide bonds. The van der Waals surface area contributed by atoms with Crippen molar-refractivity contribution in [2.24, 2.45) is 5.92 Å². The number of furan rings is 1. The first kappa shape index (κ1) is 17.7. The van der Waals surface area contributed by atoms with E-state index in [1.807, 2.05) is 0 Å². The van der Waals surface area contributed by atoms with Gasteiger partial charge in [-0.1, -0.05) is 16.8 Å². The molecule has 0 atom stereocenters. The largest absolute Gasteiger partial charge is 0.461 e. The fourth-order valence-corrected chi connectivity index (χ4v) is 3.16. The number of hydrogen-bond acceptors (Lipinski definition) is 7. The molecule has 1 aliphatic heterocycles. The molecule has 0 bridgehead atoms. The summed E-state index contributed by atoms with van der Waals surface area (Å²) >= 11 is 5.81. The van der Waals surface area contributed by atoms with E-state index < -0.39 is 0 Å². The van der Waals surface area contributed by atoms with E-state index in [4.69, 9.17) is 20.5 Å². The zero-order chi connectivity index (χ0) is 18.6. The maximum atomic E-state index is 12.4. The maximum absolute atomic E-state index is 12.4. The molecule has 1 aliphatic rings. The SMILES string of the molecule is O=C(Nc1ccc(Cl)cn1)C1CCN(Cc2nc(-c3ccco3)no2)CC1. The van der Waals surface area contributed by atoms with Crippen molar-refractivity contribution in [1.29, 1.82) is 0 Å². The van der Waals surface area contributed by atoms with Crippen molar-refractivity contribution in [3.05, 3.63) is 47.6 Å². The van der Waals surface area contributed by atoms with Gasteiger partial charge >= 0.3 is 0 Å². The van der Waals surface area contributed by atoms with E-state index in [1.165, 1.54) is 6.20 Å². The van der Waals surface area contributed by atoms with Gasteiger partial charge in [-0.2, -0.15) is 4.98 Å². The average molecular weight is 388 g/mol. The first-order chi connectivity index (χ1) is 13.2. The van der Waals surface area contributed by atoms with E-state index in [0.29, 0.717) is 34.9 Å². The summed E-state index contributed by atoms with van der Waals surface area (Å²) in [5.74, 6) is 2.02. The van der Waals surface area contributed by atoms with Crippen molar-refractivity contribution in [1.82, 2.24) is 20.0 Å². The summed E-state index contributed by atoms with van der Waals surface area (Å²) in [5, 5.41) is 7.32. The third-order valence-corrected chi connectivity index (χ3v) is 4.73. The number of piperidine rings is 1. The van der Waals surface area contributed by atoms with E-state index in [2.05, 4.69) is 25.3 Å². The lowest BCUT2D eigenvalue weighted by atomic mass is 9.96. The number of aromatic nitrogens is 3. The fraction of sp³-hybridized carbons (Fsp3) is 0.333. The van der Waals surface area contributed by atoms with Gasteiger partial charge in [-0.15, -0.1) is 0 Å². The van der Waals surface area contributed by atoms with Gasteiger partial charge in [0.05, 0.1) is 17.8 Å². The number of nitrogens with one attached hydrogen (secondary N) is 1. The molecular formula is C18H18ClN5O3. The second-order valence-corrected chi connectivity index (χ2v) is 6.83. The summed E-state index contributed by atoms with van der Waals surface area (Å²) in [7, 11) is 0. The third kappa shape index (κ3) is 4.35. The highest BCUT2D eigenvalue weighted by Crippen LogP contribution is 2.22. The number of halogens is 1. The Morgan fingerprint density at radius 3 is 2.85 bits per heavy atom. The molecule has 1 N–H and O–H groups in total. The summed E-state index contributed by atoms with van der Waals surface area (Å²) in [5.41, 5.74) is 0. The Hall–Kier alpha value is -2.71. The van der Waals surface area contributed by atoms with Crippen molar-refractivity contribution in [3.8, 4) is 11.6 Å². The minimum atomic E-state index is -0.0416. The Morgan fingerprint density at radius 2 is 2.15 bits per heavy atom. The zero-order valence-electron chi connectivity index (χ0n) is 14.5. The highest BCUT2D eigenvalue weighted by Gasteiger charge is 2.26. The standard InChI is InChI=1S/C18H18ClN5O3/c19-13-3-4-15(20-10-13)21-18(25)12-5-7-24(8-6-12)11-16-22-17(23-27-16)14-2-1-9-26-14/h1-4,9-10,12H,5-8,11H2,(H,20,21,25). The van der Waals surface area contributed by atoms with Crippen LogP contribution in [0.2, 0.25) is 5.02 Å². The predicted molar refractivity (Wildman–Crippen MR) is 97.9 cm³/mol. The molecule has 0 unspecified atom stereocenters. The van der Waals surface area contributed by atoms with Gasteiger partial charge in [-0.05, 0) is 50.2 Å². The molecule has 9 heteroatoms. The van der Waals surface area contributed by atoms with Gasteiger partial charge in [0.1, 0.15) is 5.82 Å². The number of carbonyl (C=O) groups is 1. The van der Waals surface area contributed by atoms with Crippen LogP contribution in [0.3, 0.4) is 0 Å². The fourth-order valence-electron chi connectivity index (χ4n) is 3.05. The number of nitrogens with zero attached hydrogens (tertiary/aromatic N) is 4. The van der Waals surface area contributed by atoms with Gasteiger partial charge in [-0.3, -0.25) is 9.69 Å². The van der Waals surface area contributed by atoms with Gasteiger partial charge in [0, 0.05) is 12.1 Å². The van der Waals surface area contributed by atoms with Crippen LogP contribution in [0.1, 0.15) is 18.7 Å². The van der Waals surface area contributed by atoms with Gasteiger partial charge in [0.2, 0.25) is 17.6 Å². The molecule has 1 saturated heterocycles. The molecule has 3 aromatic rings. The second kappa shape index (κ2) is 7.89. The molecule has 0 spiro atoms. The van der Waals surface area contributed by atoms with E-state index >= 15 is 0 Å². The average Bonchev–Trinajstić information content (AvgIpc) is 3.36. The van der Waals surface area contributed by atoms with Crippen molar-refractivity contribution in [2.45, 2.75) is 19.4 Å². The van der Waals surface area contributed by atoms with Crippen LogP contribution in [0, 0.1) is 5.92 Å². The summed E-state index contributed by atoms with van der Waals surface area (Å²) in [6, 6.07) is 6.96. The molecular weight excluding hydrogens is 370 g/mol. The van der Waals surface area contributed by atoms with Crippen molar-refractivity contribution < 1.29 is 13.7 Å². The molecule has 140 valence electrons. The lowest BCUT2D eigenvalue weighted by Crippen LogP contribution is -2.37. The van der Waals surface area contributed by atoms with Crippen molar-refractivity contribution >= 4 is 23.3 Å². The van der Waals surface area contributed by atoms with Crippen LogP contribution in [0.5, 0.6) is 0 Å². The molecule has 0 aromatic carbocycles. The van der Waals surface area contributed by atoms with Gasteiger partial charge < -0.3 is 14.3 Å². The van der Waals surface area contributed by atoms with Crippen LogP contribution in [0.25, 0.3) is 11.6 Å². The molecule has 4 rings (SSSR count). The van der Waals surface area contributed by atoms with E-state index in [-0.39, 0.29) is 11.8 Å².